The first-order chi connectivity index (χ1) is 8.85. The van der Waals surface area contributed by atoms with Gasteiger partial charge >= 0.3 is 0 Å². The predicted octanol–water partition coefficient (Wildman–Crippen LogP) is 6.69. The Morgan fingerprint density at radius 1 is 0.667 bits per heavy atom. The van der Waals surface area contributed by atoms with E-state index in [-0.39, 0.29) is 0 Å². The van der Waals surface area contributed by atoms with Crippen LogP contribution in [0.1, 0.15) is 90.9 Å². The lowest BCUT2D eigenvalue weighted by molar-refractivity contribution is 0.397. The lowest BCUT2D eigenvalue weighted by Crippen LogP contribution is -2.02. The zero-order chi connectivity index (χ0) is 13.5. The maximum Gasteiger partial charge on any atom is -0.00677 e. The molecule has 1 heteroatoms. The van der Waals surface area contributed by atoms with Gasteiger partial charge in [0.15, 0.2) is 0 Å². The van der Waals surface area contributed by atoms with Gasteiger partial charge in [-0.2, -0.15) is 11.8 Å². The van der Waals surface area contributed by atoms with Gasteiger partial charge in [0.25, 0.3) is 0 Å². The monoisotopic (exact) mass is 272 g/mol. The van der Waals surface area contributed by atoms with Gasteiger partial charge in [-0.1, -0.05) is 84.5 Å². The van der Waals surface area contributed by atoms with E-state index in [1.54, 1.807) is 0 Å². The number of hydrogen-bond donors (Lipinski definition) is 0. The predicted molar refractivity (Wildman–Crippen MR) is 88.6 cm³/mol. The molecule has 18 heavy (non-hydrogen) atoms. The van der Waals surface area contributed by atoms with Gasteiger partial charge in [-0.05, 0) is 24.3 Å². The van der Waals surface area contributed by atoms with Gasteiger partial charge < -0.3 is 0 Å². The molecule has 0 spiro atoms. The van der Waals surface area contributed by atoms with E-state index in [1.165, 1.54) is 82.8 Å². The standard InChI is InChI=1S/C17H36S/c1-4-6-8-10-12-14-17(15-16-18-3)13-11-9-7-5-2/h17H,4-16H2,1-3H3/t17-/m0/s1. The van der Waals surface area contributed by atoms with Crippen LogP contribution in [-0.2, 0) is 0 Å². The van der Waals surface area contributed by atoms with Crippen molar-refractivity contribution < 1.29 is 0 Å². The third-order valence-electron chi connectivity index (χ3n) is 3.91. The normalized spacial score (nSPS) is 12.8. The zero-order valence-electron chi connectivity index (χ0n) is 13.2. The molecule has 0 radical (unpaired) electrons. The van der Waals surface area contributed by atoms with Crippen molar-refractivity contribution >= 4 is 11.8 Å². The summed E-state index contributed by atoms with van der Waals surface area (Å²) >= 11 is 2.02. The van der Waals surface area contributed by atoms with Crippen molar-refractivity contribution in [1.82, 2.24) is 0 Å². The molecule has 0 amide bonds. The van der Waals surface area contributed by atoms with Crippen LogP contribution in [0.5, 0.6) is 0 Å². The SMILES string of the molecule is CCCCCCC[C@H](CCCCCC)CCSC. The molecule has 0 heterocycles. The zero-order valence-corrected chi connectivity index (χ0v) is 14.0. The van der Waals surface area contributed by atoms with Crippen molar-refractivity contribution in [3.63, 3.8) is 0 Å². The highest BCUT2D eigenvalue weighted by molar-refractivity contribution is 7.98. The number of hydrogen-bond acceptors (Lipinski definition) is 1. The van der Waals surface area contributed by atoms with Crippen molar-refractivity contribution in [2.75, 3.05) is 12.0 Å². The first-order valence-corrected chi connectivity index (χ1v) is 9.73. The summed E-state index contributed by atoms with van der Waals surface area (Å²) in [7, 11) is 0. The molecular formula is C17H36S. The molecule has 0 saturated carbocycles. The average Bonchev–Trinajstić information content (AvgIpc) is 2.39. The van der Waals surface area contributed by atoms with Gasteiger partial charge in [-0.15, -0.1) is 0 Å². The minimum absolute atomic E-state index is 1.02. The Balaban J connectivity index is 3.56. The van der Waals surface area contributed by atoms with Crippen LogP contribution in [0.15, 0.2) is 0 Å². The van der Waals surface area contributed by atoms with Crippen LogP contribution in [0.2, 0.25) is 0 Å². The molecule has 0 fully saturated rings. The summed E-state index contributed by atoms with van der Waals surface area (Å²) < 4.78 is 0. The Morgan fingerprint density at radius 3 is 1.67 bits per heavy atom. The Labute approximate surface area is 121 Å². The van der Waals surface area contributed by atoms with Crippen molar-refractivity contribution in [1.29, 1.82) is 0 Å². The summed E-state index contributed by atoms with van der Waals surface area (Å²) in [5, 5.41) is 0. The molecule has 0 aromatic rings. The molecule has 0 aromatic heterocycles. The highest BCUT2D eigenvalue weighted by Gasteiger charge is 2.07. The van der Waals surface area contributed by atoms with Crippen LogP contribution in [0.25, 0.3) is 0 Å². The van der Waals surface area contributed by atoms with Gasteiger partial charge in [0, 0.05) is 0 Å². The van der Waals surface area contributed by atoms with E-state index in [0.29, 0.717) is 0 Å². The van der Waals surface area contributed by atoms with Crippen LogP contribution < -0.4 is 0 Å². The Kier molecular flexibility index (Phi) is 15.7. The fourth-order valence-electron chi connectivity index (χ4n) is 2.61. The Morgan fingerprint density at radius 2 is 1.17 bits per heavy atom. The summed E-state index contributed by atoms with van der Waals surface area (Å²) in [6.45, 7) is 4.61. The van der Waals surface area contributed by atoms with E-state index in [2.05, 4.69) is 20.1 Å². The van der Waals surface area contributed by atoms with Gasteiger partial charge in [0.05, 0.1) is 0 Å². The second kappa shape index (κ2) is 15.4. The maximum absolute atomic E-state index is 2.30. The lowest BCUT2D eigenvalue weighted by atomic mass is 9.92. The van der Waals surface area contributed by atoms with Crippen molar-refractivity contribution in [3.05, 3.63) is 0 Å². The number of unbranched alkanes of at least 4 members (excludes halogenated alkanes) is 7. The van der Waals surface area contributed by atoms with Crippen molar-refractivity contribution in [2.24, 2.45) is 5.92 Å². The molecule has 0 rings (SSSR count). The molecule has 0 aliphatic heterocycles. The summed E-state index contributed by atoms with van der Waals surface area (Å²) in [6, 6.07) is 0. The first kappa shape index (κ1) is 18.4. The Bertz CT molecular complexity index is 145. The summed E-state index contributed by atoms with van der Waals surface area (Å²) in [5.41, 5.74) is 0. The van der Waals surface area contributed by atoms with Crippen LogP contribution in [0, 0.1) is 5.92 Å². The van der Waals surface area contributed by atoms with Crippen LogP contribution in [0.3, 0.4) is 0 Å². The van der Waals surface area contributed by atoms with Gasteiger partial charge in [-0.25, -0.2) is 0 Å². The number of rotatable bonds is 14. The summed E-state index contributed by atoms with van der Waals surface area (Å²) in [6.07, 6.45) is 19.6. The molecule has 1 atom stereocenters. The van der Waals surface area contributed by atoms with E-state index in [9.17, 15) is 0 Å². The summed E-state index contributed by atoms with van der Waals surface area (Å²) in [4.78, 5) is 0. The fraction of sp³-hybridized carbons (Fsp3) is 1.00. The second-order valence-corrected chi connectivity index (χ2v) is 6.69. The fourth-order valence-corrected chi connectivity index (χ4v) is 3.18. The Hall–Kier alpha value is 0.350. The second-order valence-electron chi connectivity index (χ2n) is 5.70. The summed E-state index contributed by atoms with van der Waals surface area (Å²) in [5.74, 6) is 2.39. The smallest absolute Gasteiger partial charge is 0.00677 e. The minimum atomic E-state index is 1.02. The third-order valence-corrected chi connectivity index (χ3v) is 4.56. The first-order valence-electron chi connectivity index (χ1n) is 8.34. The quantitative estimate of drug-likeness (QED) is 0.318. The van der Waals surface area contributed by atoms with Gasteiger partial charge in [0.1, 0.15) is 0 Å². The van der Waals surface area contributed by atoms with Crippen LogP contribution >= 0.6 is 11.8 Å². The molecule has 110 valence electrons. The molecule has 0 unspecified atom stereocenters. The molecule has 0 N–H and O–H groups in total. The van der Waals surface area contributed by atoms with E-state index >= 15 is 0 Å². The van der Waals surface area contributed by atoms with E-state index < -0.39 is 0 Å². The molecule has 0 aliphatic carbocycles. The molecule has 0 nitrogen and oxygen atoms in total. The maximum atomic E-state index is 2.30. The molecule has 0 bridgehead atoms. The van der Waals surface area contributed by atoms with Crippen LogP contribution in [0.4, 0.5) is 0 Å². The topological polar surface area (TPSA) is 0 Å². The minimum Gasteiger partial charge on any atom is -0.165 e. The van der Waals surface area contributed by atoms with Crippen LogP contribution in [-0.4, -0.2) is 12.0 Å². The van der Waals surface area contributed by atoms with Gasteiger partial charge in [-0.3, -0.25) is 0 Å². The average molecular weight is 273 g/mol. The largest absolute Gasteiger partial charge is 0.165 e. The van der Waals surface area contributed by atoms with E-state index in [0.717, 1.165) is 5.92 Å². The lowest BCUT2D eigenvalue weighted by Gasteiger charge is -2.16. The highest BCUT2D eigenvalue weighted by Crippen LogP contribution is 2.22. The van der Waals surface area contributed by atoms with Crippen molar-refractivity contribution in [2.45, 2.75) is 90.9 Å². The molecule has 0 saturated heterocycles. The van der Waals surface area contributed by atoms with Gasteiger partial charge in [0.2, 0.25) is 0 Å². The third kappa shape index (κ3) is 12.8. The highest BCUT2D eigenvalue weighted by atomic mass is 32.2. The van der Waals surface area contributed by atoms with E-state index in [4.69, 9.17) is 0 Å². The molecule has 0 aliphatic rings. The van der Waals surface area contributed by atoms with Crippen molar-refractivity contribution in [3.8, 4) is 0 Å². The number of thioether (sulfide) groups is 1. The molecular weight excluding hydrogens is 236 g/mol. The van der Waals surface area contributed by atoms with E-state index in [1.807, 2.05) is 11.8 Å². The molecule has 0 aromatic carbocycles.